The maximum Gasteiger partial charge on any atom is 0.323 e. The molecule has 0 aromatic heterocycles. The first-order valence-electron chi connectivity index (χ1n) is 5.17. The van der Waals surface area contributed by atoms with Gasteiger partial charge in [-0.3, -0.25) is 4.79 Å². The Balaban J connectivity index is 3.17. The summed E-state index contributed by atoms with van der Waals surface area (Å²) in [7, 11) is 1.30. The molecular weight excluding hydrogens is 282 g/mol. The van der Waals surface area contributed by atoms with Gasteiger partial charge in [0.25, 0.3) is 0 Å². The quantitative estimate of drug-likeness (QED) is 0.806. The fourth-order valence-corrected chi connectivity index (χ4v) is 2.08. The molecule has 3 nitrogen and oxygen atoms in total. The van der Waals surface area contributed by atoms with Crippen LogP contribution in [-0.2, 0) is 14.9 Å². The van der Waals surface area contributed by atoms with Crippen LogP contribution in [0.3, 0.4) is 0 Å². The van der Waals surface area contributed by atoms with Gasteiger partial charge in [0.2, 0.25) is 0 Å². The van der Waals surface area contributed by atoms with Crippen molar-refractivity contribution in [2.24, 2.45) is 5.92 Å². The lowest BCUT2D eigenvalue weighted by Crippen LogP contribution is -2.34. The second-order valence-corrected chi connectivity index (χ2v) is 5.23. The van der Waals surface area contributed by atoms with E-state index in [1.807, 2.05) is 44.2 Å². The zero-order chi connectivity index (χ0) is 13.1. The van der Waals surface area contributed by atoms with Crippen LogP contribution in [0.5, 0.6) is 0 Å². The number of hydrogen-bond donors (Lipinski definition) is 0. The molecule has 0 aliphatic heterocycles. The van der Waals surface area contributed by atoms with Gasteiger partial charge in [0, 0.05) is 9.89 Å². The van der Waals surface area contributed by atoms with Crippen molar-refractivity contribution in [3.05, 3.63) is 34.3 Å². The van der Waals surface area contributed by atoms with Gasteiger partial charge in [0.15, 0.2) is 5.92 Å². The van der Waals surface area contributed by atoms with E-state index in [9.17, 15) is 4.79 Å². The van der Waals surface area contributed by atoms with E-state index in [0.29, 0.717) is 0 Å². The molecule has 0 aliphatic rings. The first-order chi connectivity index (χ1) is 7.93. The van der Waals surface area contributed by atoms with Crippen LogP contribution in [0.2, 0.25) is 0 Å². The molecule has 1 aromatic carbocycles. The van der Waals surface area contributed by atoms with Crippen LogP contribution in [0.15, 0.2) is 28.7 Å². The third-order valence-electron chi connectivity index (χ3n) is 2.86. The summed E-state index contributed by atoms with van der Waals surface area (Å²) in [5, 5.41) is 9.13. The zero-order valence-corrected chi connectivity index (χ0v) is 11.6. The molecule has 17 heavy (non-hydrogen) atoms. The molecule has 0 spiro atoms. The topological polar surface area (TPSA) is 50.1 Å². The SMILES string of the molecule is COC(=O)C(C#N)C(C)(C)c1cccc(Br)c1. The van der Waals surface area contributed by atoms with E-state index < -0.39 is 17.3 Å². The second-order valence-electron chi connectivity index (χ2n) is 4.32. The minimum Gasteiger partial charge on any atom is -0.468 e. The maximum atomic E-state index is 11.6. The van der Waals surface area contributed by atoms with Crippen LogP contribution < -0.4 is 0 Å². The highest BCUT2D eigenvalue weighted by Gasteiger charge is 2.37. The van der Waals surface area contributed by atoms with Gasteiger partial charge >= 0.3 is 5.97 Å². The van der Waals surface area contributed by atoms with Crippen LogP contribution in [0.25, 0.3) is 0 Å². The molecule has 0 amide bonds. The maximum absolute atomic E-state index is 11.6. The van der Waals surface area contributed by atoms with Crippen molar-refractivity contribution < 1.29 is 9.53 Å². The Hall–Kier alpha value is -1.34. The van der Waals surface area contributed by atoms with Gasteiger partial charge in [-0.25, -0.2) is 0 Å². The lowest BCUT2D eigenvalue weighted by Gasteiger charge is -2.28. The van der Waals surface area contributed by atoms with Gasteiger partial charge < -0.3 is 4.74 Å². The fraction of sp³-hybridized carbons (Fsp3) is 0.385. The Kier molecular flexibility index (Phi) is 4.30. The van der Waals surface area contributed by atoms with E-state index in [0.717, 1.165) is 10.0 Å². The predicted octanol–water partition coefficient (Wildman–Crippen LogP) is 3.04. The van der Waals surface area contributed by atoms with Crippen LogP contribution >= 0.6 is 15.9 Å². The van der Waals surface area contributed by atoms with E-state index >= 15 is 0 Å². The lowest BCUT2D eigenvalue weighted by atomic mass is 9.74. The van der Waals surface area contributed by atoms with Crippen molar-refractivity contribution in [3.8, 4) is 6.07 Å². The number of esters is 1. The van der Waals surface area contributed by atoms with E-state index in [1.54, 1.807) is 0 Å². The Morgan fingerprint density at radius 1 is 1.53 bits per heavy atom. The van der Waals surface area contributed by atoms with E-state index in [4.69, 9.17) is 5.26 Å². The van der Waals surface area contributed by atoms with Crippen molar-refractivity contribution in [2.75, 3.05) is 7.11 Å². The highest BCUT2D eigenvalue weighted by Crippen LogP contribution is 2.33. The second kappa shape index (κ2) is 5.33. The van der Waals surface area contributed by atoms with Crippen LogP contribution in [-0.4, -0.2) is 13.1 Å². The van der Waals surface area contributed by atoms with Crippen LogP contribution in [0, 0.1) is 17.2 Å². The van der Waals surface area contributed by atoms with Crippen LogP contribution in [0.4, 0.5) is 0 Å². The largest absolute Gasteiger partial charge is 0.468 e. The third-order valence-corrected chi connectivity index (χ3v) is 3.35. The molecule has 0 fully saturated rings. The molecule has 1 unspecified atom stereocenters. The molecule has 4 heteroatoms. The van der Waals surface area contributed by atoms with E-state index in [2.05, 4.69) is 20.7 Å². The standard InChI is InChI=1S/C13H14BrNO2/c1-13(2,11(8-15)12(16)17-3)9-5-4-6-10(14)7-9/h4-7,11H,1-3H3. The number of nitriles is 1. The average Bonchev–Trinajstić information content (AvgIpc) is 2.29. The molecule has 0 bridgehead atoms. The zero-order valence-electron chi connectivity index (χ0n) is 10.0. The minimum atomic E-state index is -0.818. The molecular formula is C13H14BrNO2. The van der Waals surface area contributed by atoms with Gasteiger partial charge in [0.05, 0.1) is 13.2 Å². The summed E-state index contributed by atoms with van der Waals surface area (Å²) in [6.07, 6.45) is 0. The van der Waals surface area contributed by atoms with Crippen molar-refractivity contribution in [2.45, 2.75) is 19.3 Å². The van der Waals surface area contributed by atoms with Gasteiger partial charge in [-0.15, -0.1) is 0 Å². The Bertz CT molecular complexity index is 463. The normalized spacial score (nSPS) is 12.6. The number of nitrogens with zero attached hydrogens (tertiary/aromatic N) is 1. The molecule has 1 rings (SSSR count). The Labute approximate surface area is 110 Å². The summed E-state index contributed by atoms with van der Waals surface area (Å²) in [5.41, 5.74) is 0.329. The summed E-state index contributed by atoms with van der Waals surface area (Å²) in [6.45, 7) is 3.72. The Morgan fingerprint density at radius 3 is 2.65 bits per heavy atom. The molecule has 0 aliphatic carbocycles. The van der Waals surface area contributed by atoms with Crippen LogP contribution in [0.1, 0.15) is 19.4 Å². The molecule has 0 radical (unpaired) electrons. The number of hydrogen-bond acceptors (Lipinski definition) is 3. The number of ether oxygens (including phenoxy) is 1. The number of rotatable bonds is 3. The first kappa shape index (κ1) is 13.7. The summed E-state index contributed by atoms with van der Waals surface area (Å²) in [6, 6.07) is 9.62. The first-order valence-corrected chi connectivity index (χ1v) is 5.96. The summed E-state index contributed by atoms with van der Waals surface area (Å²) < 4.78 is 5.59. The number of methoxy groups -OCH3 is 1. The van der Waals surface area contributed by atoms with Gasteiger partial charge in [-0.1, -0.05) is 41.9 Å². The summed E-state index contributed by atoms with van der Waals surface area (Å²) in [4.78, 5) is 11.6. The fourth-order valence-electron chi connectivity index (χ4n) is 1.68. The number of carbonyl (C=O) groups excluding carboxylic acids is 1. The highest BCUT2D eigenvalue weighted by atomic mass is 79.9. The van der Waals surface area contributed by atoms with Gasteiger partial charge in [-0.05, 0) is 17.7 Å². The molecule has 0 heterocycles. The molecule has 1 aromatic rings. The van der Waals surface area contributed by atoms with Gasteiger partial charge in [0.1, 0.15) is 0 Å². The summed E-state index contributed by atoms with van der Waals surface area (Å²) in [5.74, 6) is -1.32. The highest BCUT2D eigenvalue weighted by molar-refractivity contribution is 9.10. The molecule has 0 saturated carbocycles. The number of benzene rings is 1. The molecule has 1 atom stereocenters. The number of carbonyl (C=O) groups is 1. The van der Waals surface area contributed by atoms with Crippen molar-refractivity contribution in [3.63, 3.8) is 0 Å². The lowest BCUT2D eigenvalue weighted by molar-refractivity contribution is -0.145. The number of halogens is 1. The van der Waals surface area contributed by atoms with Crippen molar-refractivity contribution in [1.29, 1.82) is 5.26 Å². The molecule has 0 saturated heterocycles. The molecule has 90 valence electrons. The minimum absolute atomic E-state index is 0.502. The smallest absolute Gasteiger partial charge is 0.323 e. The average molecular weight is 296 g/mol. The van der Waals surface area contributed by atoms with E-state index in [-0.39, 0.29) is 0 Å². The monoisotopic (exact) mass is 295 g/mol. The van der Waals surface area contributed by atoms with Crippen molar-refractivity contribution >= 4 is 21.9 Å². The van der Waals surface area contributed by atoms with Gasteiger partial charge in [-0.2, -0.15) is 5.26 Å². The summed E-state index contributed by atoms with van der Waals surface area (Å²) >= 11 is 3.38. The Morgan fingerprint density at radius 2 is 2.18 bits per heavy atom. The predicted molar refractivity (Wildman–Crippen MR) is 68.3 cm³/mol. The third kappa shape index (κ3) is 2.86. The molecule has 0 N–H and O–H groups in total. The van der Waals surface area contributed by atoms with Crippen molar-refractivity contribution in [1.82, 2.24) is 0 Å². The van der Waals surface area contributed by atoms with E-state index in [1.165, 1.54) is 7.11 Å².